The molecule has 0 spiro atoms. The highest BCUT2D eigenvalue weighted by Crippen LogP contribution is 2.42. The quantitative estimate of drug-likeness (QED) is 0.514. The van der Waals surface area contributed by atoms with Crippen LogP contribution in [-0.2, 0) is 0 Å². The summed E-state index contributed by atoms with van der Waals surface area (Å²) in [6.07, 6.45) is 5.17. The lowest BCUT2D eigenvalue weighted by Crippen LogP contribution is -2.33. The Kier molecular flexibility index (Phi) is 1.60. The van der Waals surface area contributed by atoms with Gasteiger partial charge in [0.05, 0.1) is 6.61 Å². The number of rotatable bonds is 1. The number of hydrogen-bond acceptors (Lipinski definition) is 2. The second-order valence-corrected chi connectivity index (χ2v) is 3.50. The predicted octanol–water partition coefficient (Wildman–Crippen LogP) is -0.200. The van der Waals surface area contributed by atoms with Gasteiger partial charge in [-0.1, -0.05) is 6.08 Å². The van der Waals surface area contributed by atoms with Crippen LogP contribution in [0.5, 0.6) is 0 Å². The van der Waals surface area contributed by atoms with Gasteiger partial charge in [0.15, 0.2) is 0 Å². The van der Waals surface area contributed by atoms with Crippen molar-refractivity contribution in [3.63, 3.8) is 0 Å². The first-order valence-corrected chi connectivity index (χ1v) is 4.16. The smallest absolute Gasteiger partial charge is 0.108 e. The minimum Gasteiger partial charge on any atom is -0.392 e. The topological polar surface area (TPSA) is 32.6 Å². The van der Waals surface area contributed by atoms with Crippen LogP contribution in [0.2, 0.25) is 5.82 Å². The molecule has 0 radical (unpaired) electrons. The Morgan fingerprint density at radius 3 is 3.18 bits per heavy atom. The molecule has 2 unspecified atom stereocenters. The van der Waals surface area contributed by atoms with Crippen LogP contribution < -0.4 is 0 Å². The van der Waals surface area contributed by atoms with Crippen LogP contribution in [0.1, 0.15) is 6.42 Å². The molecule has 2 nitrogen and oxygen atoms in total. The molecular weight excluding hydrogens is 137 g/mol. The van der Waals surface area contributed by atoms with Gasteiger partial charge in [0.1, 0.15) is 7.85 Å². The molecule has 3 atom stereocenters. The van der Waals surface area contributed by atoms with Crippen LogP contribution in [-0.4, -0.2) is 31.8 Å². The van der Waals surface area contributed by atoms with E-state index in [4.69, 9.17) is 5.11 Å². The summed E-state index contributed by atoms with van der Waals surface area (Å²) in [6.45, 7) is 0.138. The predicted molar refractivity (Wildman–Crippen MR) is 47.8 cm³/mol. The van der Waals surface area contributed by atoms with E-state index in [-0.39, 0.29) is 6.61 Å². The Morgan fingerprint density at radius 1 is 1.73 bits per heavy atom. The molecule has 2 bridgehead atoms. The van der Waals surface area contributed by atoms with Gasteiger partial charge in [-0.3, -0.25) is 4.99 Å². The molecular formula is C8H12BNO. The molecule has 0 amide bonds. The second kappa shape index (κ2) is 2.49. The Hall–Kier alpha value is -0.565. The van der Waals surface area contributed by atoms with Crippen molar-refractivity contribution in [1.82, 2.24) is 0 Å². The van der Waals surface area contributed by atoms with Gasteiger partial charge in [0.2, 0.25) is 0 Å². The van der Waals surface area contributed by atoms with Gasteiger partial charge in [-0.05, 0) is 23.7 Å². The van der Waals surface area contributed by atoms with Gasteiger partial charge < -0.3 is 5.11 Å². The number of allylic oxidation sites excluding steroid dienone is 1. The zero-order valence-electron chi connectivity index (χ0n) is 6.70. The zero-order chi connectivity index (χ0) is 7.84. The average Bonchev–Trinajstić information content (AvgIpc) is 2.32. The van der Waals surface area contributed by atoms with Crippen LogP contribution in [0.25, 0.3) is 0 Å². The van der Waals surface area contributed by atoms with Crippen molar-refractivity contribution in [3.8, 4) is 0 Å². The van der Waals surface area contributed by atoms with E-state index in [1.807, 2.05) is 6.21 Å². The molecule has 0 aromatic heterocycles. The zero-order valence-corrected chi connectivity index (χ0v) is 6.70. The maximum Gasteiger partial charge on any atom is 0.108 e. The summed E-state index contributed by atoms with van der Waals surface area (Å²) in [5.74, 6) is 1.36. The van der Waals surface area contributed by atoms with Crippen LogP contribution in [0.4, 0.5) is 0 Å². The fraction of sp³-hybridized carbons (Fsp3) is 0.625. The highest BCUT2D eigenvalue weighted by Gasteiger charge is 2.36. The molecule has 3 rings (SSSR count). The van der Waals surface area contributed by atoms with Crippen molar-refractivity contribution in [3.05, 3.63) is 11.6 Å². The van der Waals surface area contributed by atoms with Crippen molar-refractivity contribution in [2.24, 2.45) is 10.9 Å². The normalized spacial score (nSPS) is 40.8. The third-order valence-electron chi connectivity index (χ3n) is 2.84. The lowest BCUT2D eigenvalue weighted by Gasteiger charge is -2.37. The Bertz CT molecular complexity index is 224. The molecule has 0 aromatic rings. The van der Waals surface area contributed by atoms with Crippen LogP contribution in [0.15, 0.2) is 16.6 Å². The number of hydrogen-bond donors (Lipinski definition) is 1. The van der Waals surface area contributed by atoms with E-state index in [1.54, 1.807) is 0 Å². The Labute approximate surface area is 67.4 Å². The molecule has 1 saturated carbocycles. The molecule has 1 fully saturated rings. The summed E-state index contributed by atoms with van der Waals surface area (Å²) in [5, 5.41) is 8.88. The average molecular weight is 149 g/mol. The fourth-order valence-electron chi connectivity index (χ4n) is 1.82. The molecule has 3 aliphatic rings. The van der Waals surface area contributed by atoms with Crippen molar-refractivity contribution in [1.29, 1.82) is 0 Å². The van der Waals surface area contributed by atoms with Crippen molar-refractivity contribution < 1.29 is 5.11 Å². The van der Waals surface area contributed by atoms with Gasteiger partial charge in [-0.15, -0.1) is 0 Å². The summed E-state index contributed by atoms with van der Waals surface area (Å²) in [5.41, 5.74) is 0.988. The standard InChI is InChI=1S/C8H12BNO/c9-8-6-1-5(4-11)3-10-7(8)2-6/h1,3,6-8,11H,2,4,9H2/t6-,7?,8?/m1/s1. The highest BCUT2D eigenvalue weighted by atomic mass is 16.3. The third-order valence-corrected chi connectivity index (χ3v) is 2.84. The minimum atomic E-state index is 0.138. The molecule has 3 heteroatoms. The number of nitrogens with zero attached hydrogens (tertiary/aromatic N) is 1. The van der Waals surface area contributed by atoms with E-state index in [2.05, 4.69) is 18.9 Å². The number of aliphatic hydroxyl groups excluding tert-OH is 1. The van der Waals surface area contributed by atoms with Gasteiger partial charge in [-0.25, -0.2) is 0 Å². The van der Waals surface area contributed by atoms with Gasteiger partial charge in [0.25, 0.3) is 0 Å². The lowest BCUT2D eigenvalue weighted by atomic mass is 9.59. The summed E-state index contributed by atoms with van der Waals surface area (Å²) < 4.78 is 0. The number of aliphatic imine (C=N–C) groups is 1. The van der Waals surface area contributed by atoms with E-state index in [9.17, 15) is 0 Å². The van der Waals surface area contributed by atoms with Crippen molar-refractivity contribution in [2.45, 2.75) is 18.3 Å². The molecule has 0 aromatic carbocycles. The van der Waals surface area contributed by atoms with Crippen molar-refractivity contribution in [2.75, 3.05) is 6.61 Å². The molecule has 0 saturated heterocycles. The summed E-state index contributed by atoms with van der Waals surface area (Å²) in [7, 11) is 2.23. The Morgan fingerprint density at radius 2 is 2.55 bits per heavy atom. The summed E-state index contributed by atoms with van der Waals surface area (Å²) in [4.78, 5) is 4.37. The Balaban J connectivity index is 2.20. The third kappa shape index (κ3) is 1.04. The van der Waals surface area contributed by atoms with Gasteiger partial charge >= 0.3 is 0 Å². The first kappa shape index (κ1) is 7.10. The molecule has 1 N–H and O–H groups in total. The van der Waals surface area contributed by atoms with Crippen LogP contribution in [0, 0.1) is 5.92 Å². The van der Waals surface area contributed by atoms with E-state index in [0.717, 1.165) is 5.57 Å². The number of fused-ring (bicyclic) bond motifs is 1. The largest absolute Gasteiger partial charge is 0.392 e. The second-order valence-electron chi connectivity index (χ2n) is 3.50. The summed E-state index contributed by atoms with van der Waals surface area (Å²) >= 11 is 0. The maximum atomic E-state index is 8.88. The molecule has 2 heterocycles. The first-order chi connectivity index (χ1) is 5.31. The first-order valence-electron chi connectivity index (χ1n) is 4.16. The minimum absolute atomic E-state index is 0.138. The van der Waals surface area contributed by atoms with Crippen LogP contribution in [0.3, 0.4) is 0 Å². The highest BCUT2D eigenvalue weighted by molar-refractivity contribution is 6.13. The van der Waals surface area contributed by atoms with Crippen LogP contribution >= 0.6 is 0 Å². The molecule has 58 valence electrons. The van der Waals surface area contributed by atoms with Crippen molar-refractivity contribution >= 4 is 14.1 Å². The lowest BCUT2D eigenvalue weighted by molar-refractivity contribution is 0.322. The van der Waals surface area contributed by atoms with Gasteiger partial charge in [-0.2, -0.15) is 0 Å². The van der Waals surface area contributed by atoms with E-state index >= 15 is 0 Å². The molecule has 1 aliphatic carbocycles. The van der Waals surface area contributed by atoms with Gasteiger partial charge in [0, 0.05) is 12.3 Å². The SMILES string of the molecule is BC1C2C[C@H]1C=C(CO)C=N2. The maximum absolute atomic E-state index is 8.88. The molecule has 11 heavy (non-hydrogen) atoms. The monoisotopic (exact) mass is 149 g/mol. The van der Waals surface area contributed by atoms with E-state index in [0.29, 0.717) is 17.8 Å². The summed E-state index contributed by atoms with van der Waals surface area (Å²) in [6, 6.07) is 0.528. The molecule has 2 aliphatic heterocycles. The van der Waals surface area contributed by atoms with E-state index in [1.165, 1.54) is 6.42 Å². The fourth-order valence-corrected chi connectivity index (χ4v) is 1.82. The van der Waals surface area contributed by atoms with E-state index < -0.39 is 0 Å². The number of aliphatic hydroxyl groups is 1.